The number of benzene rings is 1. The van der Waals surface area contributed by atoms with Crippen LogP contribution < -0.4 is 11.1 Å². The molecule has 12 heteroatoms. The molecule has 1 fully saturated rings. The maximum absolute atomic E-state index is 14.7. The number of likely N-dealkylation sites (tertiary alicyclic amines) is 1. The van der Waals surface area contributed by atoms with E-state index in [1.54, 1.807) is 42.5 Å². The first kappa shape index (κ1) is 22.8. The van der Waals surface area contributed by atoms with Gasteiger partial charge in [0.25, 0.3) is 11.8 Å². The van der Waals surface area contributed by atoms with E-state index >= 15 is 0 Å². The van der Waals surface area contributed by atoms with Crippen molar-refractivity contribution >= 4 is 50.4 Å². The number of para-hydroxylation sites is 1. The Kier molecular flexibility index (Phi) is 6.38. The van der Waals surface area contributed by atoms with Gasteiger partial charge in [0, 0.05) is 12.5 Å². The van der Waals surface area contributed by atoms with Crippen molar-refractivity contribution in [3.63, 3.8) is 0 Å². The molecule has 3 atom stereocenters. The number of nitrogens with one attached hydrogen (secondary N) is 1. The molecule has 0 radical (unpaired) electrons. The summed E-state index contributed by atoms with van der Waals surface area (Å²) < 4.78 is 21.7. The number of carbonyl (C=O) groups is 3. The fourth-order valence-corrected chi connectivity index (χ4v) is 4.28. The van der Waals surface area contributed by atoms with Crippen molar-refractivity contribution in [2.24, 2.45) is 5.73 Å². The SMILES string of the molecule is CO[C@H]1[C@@H](C(=O)Nc2cccc(Br)n2)N(C(=O)Cn2nc(C(N)=O)c3ccccc32)C[C@@H]1F. The van der Waals surface area contributed by atoms with Gasteiger partial charge in [-0.1, -0.05) is 24.3 Å². The lowest BCUT2D eigenvalue weighted by Crippen LogP contribution is -2.49. The molecule has 3 aromatic rings. The van der Waals surface area contributed by atoms with Crippen molar-refractivity contribution in [2.75, 3.05) is 19.0 Å². The number of pyridine rings is 1. The van der Waals surface area contributed by atoms with Crippen molar-refractivity contribution in [3.8, 4) is 0 Å². The molecule has 1 aliphatic rings. The average Bonchev–Trinajstić information content (AvgIpc) is 3.31. The Hall–Kier alpha value is -3.38. The molecule has 0 aliphatic carbocycles. The molecule has 3 N–H and O–H groups in total. The number of nitrogens with two attached hydrogens (primary N) is 1. The summed E-state index contributed by atoms with van der Waals surface area (Å²) in [4.78, 5) is 43.2. The third-order valence-electron chi connectivity index (χ3n) is 5.38. The van der Waals surface area contributed by atoms with E-state index in [0.29, 0.717) is 15.5 Å². The first-order valence-electron chi connectivity index (χ1n) is 9.95. The minimum absolute atomic E-state index is 0.0213. The molecule has 3 amide bonds. The number of hydrogen-bond acceptors (Lipinski definition) is 6. The number of halogens is 2. The van der Waals surface area contributed by atoms with Gasteiger partial charge in [0.2, 0.25) is 5.91 Å². The monoisotopic (exact) mass is 518 g/mol. The highest BCUT2D eigenvalue weighted by atomic mass is 79.9. The molecular weight excluding hydrogens is 499 g/mol. The van der Waals surface area contributed by atoms with Crippen LogP contribution in [0, 0.1) is 0 Å². The number of methoxy groups -OCH3 is 1. The normalized spacial score (nSPS) is 20.2. The summed E-state index contributed by atoms with van der Waals surface area (Å²) in [5.41, 5.74) is 5.94. The molecule has 3 heterocycles. The molecular formula is C21H20BrFN6O4. The highest BCUT2D eigenvalue weighted by Gasteiger charge is 2.48. The number of nitrogens with zero attached hydrogens (tertiary/aromatic N) is 4. The Morgan fingerprint density at radius 2 is 2.00 bits per heavy atom. The molecule has 0 unspecified atom stereocenters. The van der Waals surface area contributed by atoms with Crippen LogP contribution in [0.15, 0.2) is 47.1 Å². The molecule has 1 saturated heterocycles. The maximum Gasteiger partial charge on any atom is 0.269 e. The van der Waals surface area contributed by atoms with Crippen LogP contribution in [0.1, 0.15) is 10.5 Å². The topological polar surface area (TPSA) is 132 Å². The van der Waals surface area contributed by atoms with Crippen molar-refractivity contribution in [1.82, 2.24) is 19.7 Å². The molecule has 0 bridgehead atoms. The Labute approximate surface area is 196 Å². The van der Waals surface area contributed by atoms with Crippen LogP contribution in [-0.2, 0) is 20.9 Å². The lowest BCUT2D eigenvalue weighted by Gasteiger charge is -2.26. The molecule has 0 spiro atoms. The van der Waals surface area contributed by atoms with E-state index in [1.807, 2.05) is 0 Å². The Bertz CT molecular complexity index is 1230. The van der Waals surface area contributed by atoms with Crippen LogP contribution in [0.25, 0.3) is 10.9 Å². The lowest BCUT2D eigenvalue weighted by molar-refractivity contribution is -0.139. The summed E-state index contributed by atoms with van der Waals surface area (Å²) in [5.74, 6) is -1.70. The highest BCUT2D eigenvalue weighted by molar-refractivity contribution is 9.10. The average molecular weight is 519 g/mol. The van der Waals surface area contributed by atoms with Crippen LogP contribution in [0.4, 0.5) is 10.2 Å². The zero-order chi connectivity index (χ0) is 23.7. The second-order valence-electron chi connectivity index (χ2n) is 7.43. The lowest BCUT2D eigenvalue weighted by atomic mass is 10.1. The first-order valence-corrected chi connectivity index (χ1v) is 10.7. The molecule has 10 nitrogen and oxygen atoms in total. The van der Waals surface area contributed by atoms with Gasteiger partial charge in [0.1, 0.15) is 35.3 Å². The quantitative estimate of drug-likeness (QED) is 0.475. The number of primary amides is 1. The van der Waals surface area contributed by atoms with Gasteiger partial charge in [0.05, 0.1) is 12.1 Å². The number of ether oxygens (including phenoxy) is 1. The second-order valence-corrected chi connectivity index (χ2v) is 8.24. The Morgan fingerprint density at radius 1 is 1.24 bits per heavy atom. The van der Waals surface area contributed by atoms with Crippen molar-refractivity contribution in [1.29, 1.82) is 0 Å². The predicted octanol–water partition coefficient (Wildman–Crippen LogP) is 1.50. The largest absolute Gasteiger partial charge is 0.376 e. The third kappa shape index (κ3) is 4.44. The zero-order valence-corrected chi connectivity index (χ0v) is 19.0. The molecule has 4 rings (SSSR count). The molecule has 172 valence electrons. The summed E-state index contributed by atoms with van der Waals surface area (Å²) >= 11 is 3.22. The maximum atomic E-state index is 14.7. The zero-order valence-electron chi connectivity index (χ0n) is 17.4. The molecule has 2 aromatic heterocycles. The smallest absolute Gasteiger partial charge is 0.269 e. The van der Waals surface area contributed by atoms with Gasteiger partial charge in [-0.3, -0.25) is 19.1 Å². The van der Waals surface area contributed by atoms with E-state index in [0.717, 1.165) is 4.90 Å². The van der Waals surface area contributed by atoms with Crippen LogP contribution >= 0.6 is 15.9 Å². The van der Waals surface area contributed by atoms with E-state index in [2.05, 4.69) is 31.3 Å². The van der Waals surface area contributed by atoms with Gasteiger partial charge in [-0.2, -0.15) is 5.10 Å². The van der Waals surface area contributed by atoms with Crippen LogP contribution in [0.5, 0.6) is 0 Å². The number of hydrogen-bond donors (Lipinski definition) is 2. The van der Waals surface area contributed by atoms with Crippen molar-refractivity contribution < 1.29 is 23.5 Å². The Balaban J connectivity index is 1.61. The van der Waals surface area contributed by atoms with Gasteiger partial charge in [0.15, 0.2) is 5.69 Å². The number of anilines is 1. The number of carbonyl (C=O) groups excluding carboxylic acids is 3. The van der Waals surface area contributed by atoms with Crippen LogP contribution in [-0.4, -0.2) is 69.4 Å². The van der Waals surface area contributed by atoms with Crippen LogP contribution in [0.3, 0.4) is 0 Å². The van der Waals surface area contributed by atoms with Gasteiger partial charge in [-0.15, -0.1) is 0 Å². The summed E-state index contributed by atoms with van der Waals surface area (Å²) in [6.45, 7) is -0.654. The third-order valence-corrected chi connectivity index (χ3v) is 5.82. The molecule has 0 saturated carbocycles. The van der Waals surface area contributed by atoms with E-state index in [9.17, 15) is 18.8 Å². The van der Waals surface area contributed by atoms with Crippen molar-refractivity contribution in [2.45, 2.75) is 24.9 Å². The van der Waals surface area contributed by atoms with E-state index in [1.165, 1.54) is 11.8 Å². The fraction of sp³-hybridized carbons (Fsp3) is 0.286. The van der Waals surface area contributed by atoms with Crippen LogP contribution in [0.2, 0.25) is 0 Å². The van der Waals surface area contributed by atoms with Gasteiger partial charge in [-0.05, 0) is 34.1 Å². The van der Waals surface area contributed by atoms with Gasteiger partial charge < -0.3 is 20.7 Å². The summed E-state index contributed by atoms with van der Waals surface area (Å²) in [6, 6.07) is 10.5. The molecule has 33 heavy (non-hydrogen) atoms. The van der Waals surface area contributed by atoms with E-state index in [4.69, 9.17) is 10.5 Å². The minimum atomic E-state index is -1.57. The standard InChI is InChI=1S/C21H20BrFN6O4/c1-33-19-12(23)9-28(18(19)21(32)26-15-8-4-7-14(22)25-15)16(30)10-29-13-6-3-2-5-11(13)17(27-29)20(24)31/h2-8,12,18-19H,9-10H2,1H3,(H2,24,31)(H,25,26,32)/t12-,18-,19+/m0/s1. The number of amides is 3. The number of fused-ring (bicyclic) bond motifs is 1. The summed E-state index contributed by atoms with van der Waals surface area (Å²) in [5, 5.41) is 7.26. The number of alkyl halides is 1. The summed E-state index contributed by atoms with van der Waals surface area (Å²) in [6.07, 6.45) is -2.72. The van der Waals surface area contributed by atoms with E-state index < -0.39 is 36.0 Å². The number of aromatic nitrogens is 3. The highest BCUT2D eigenvalue weighted by Crippen LogP contribution is 2.26. The van der Waals surface area contributed by atoms with Gasteiger partial charge >= 0.3 is 0 Å². The molecule has 1 aliphatic heterocycles. The van der Waals surface area contributed by atoms with Gasteiger partial charge in [-0.25, -0.2) is 9.37 Å². The Morgan fingerprint density at radius 3 is 2.70 bits per heavy atom. The first-order chi connectivity index (χ1) is 15.8. The summed E-state index contributed by atoms with van der Waals surface area (Å²) in [7, 11) is 1.28. The number of rotatable bonds is 6. The fourth-order valence-electron chi connectivity index (χ4n) is 3.93. The molecule has 1 aromatic carbocycles. The van der Waals surface area contributed by atoms with Crippen molar-refractivity contribution in [3.05, 3.63) is 52.8 Å². The van der Waals surface area contributed by atoms with E-state index in [-0.39, 0.29) is 24.6 Å². The second kappa shape index (κ2) is 9.24. The minimum Gasteiger partial charge on any atom is -0.376 e. The predicted molar refractivity (Wildman–Crippen MR) is 120 cm³/mol.